The zero-order valence-corrected chi connectivity index (χ0v) is 15.2. The predicted molar refractivity (Wildman–Crippen MR) is 95.1 cm³/mol. The zero-order chi connectivity index (χ0) is 17.8. The fourth-order valence-electron chi connectivity index (χ4n) is 3.76. The lowest BCUT2D eigenvalue weighted by Crippen LogP contribution is -3.29. The summed E-state index contributed by atoms with van der Waals surface area (Å²) in [5.41, 5.74) is 0.651. The first-order chi connectivity index (χ1) is 12.1. The normalized spacial score (nSPS) is 27.0. The molecule has 1 aromatic rings. The fraction of sp³-hybridized carbons (Fsp3) is 0.579. The molecule has 6 heteroatoms. The second-order valence-corrected chi connectivity index (χ2v) is 6.93. The van der Waals surface area contributed by atoms with E-state index in [2.05, 4.69) is 13.8 Å². The maximum Gasteiger partial charge on any atom is 0.292 e. The van der Waals surface area contributed by atoms with E-state index in [1.165, 1.54) is 9.80 Å². The van der Waals surface area contributed by atoms with Crippen LogP contribution >= 0.6 is 0 Å². The number of nitrogens with one attached hydrogen (secondary N) is 2. The van der Waals surface area contributed by atoms with Crippen molar-refractivity contribution in [3.63, 3.8) is 0 Å². The summed E-state index contributed by atoms with van der Waals surface area (Å²) in [5, 5.41) is 0. The van der Waals surface area contributed by atoms with Gasteiger partial charge in [-0.1, -0.05) is 6.92 Å². The Hall–Kier alpha value is -1.92. The highest BCUT2D eigenvalue weighted by molar-refractivity contribution is 6.21. The van der Waals surface area contributed by atoms with Crippen molar-refractivity contribution in [1.29, 1.82) is 0 Å². The van der Waals surface area contributed by atoms with Gasteiger partial charge in [0.1, 0.15) is 31.9 Å². The van der Waals surface area contributed by atoms with Crippen LogP contribution in [0.25, 0.3) is 0 Å². The fourth-order valence-corrected chi connectivity index (χ4v) is 3.76. The summed E-state index contributed by atoms with van der Waals surface area (Å²) < 4.78 is 5.57. The van der Waals surface area contributed by atoms with E-state index in [1.54, 1.807) is 17.0 Å². The van der Waals surface area contributed by atoms with E-state index in [4.69, 9.17) is 4.74 Å². The average molecular weight is 347 g/mol. The maximum absolute atomic E-state index is 12.9. The van der Waals surface area contributed by atoms with Gasteiger partial charge in [0.05, 0.1) is 25.3 Å². The number of anilines is 1. The molecule has 0 spiro atoms. The molecule has 2 N–H and O–H groups in total. The van der Waals surface area contributed by atoms with E-state index < -0.39 is 0 Å². The summed E-state index contributed by atoms with van der Waals surface area (Å²) in [6, 6.07) is 7.04. The van der Waals surface area contributed by atoms with Crippen molar-refractivity contribution in [2.24, 2.45) is 0 Å². The maximum atomic E-state index is 12.9. The molecule has 0 radical (unpaired) electrons. The van der Waals surface area contributed by atoms with E-state index in [0.717, 1.165) is 44.9 Å². The molecule has 2 heterocycles. The molecule has 1 atom stereocenters. The topological polar surface area (TPSA) is 55.5 Å². The standard InChI is InChI=1S/C19H27N3O3/c1-3-13-25-16-7-5-15(6-8-16)22-18(23)14-17(19(22)24)21-11-9-20(4-2)10-12-21/h5-8,17H,3-4,9-14H2,1-2H3/p+2/t17-/m1/s1. The molecule has 2 fully saturated rings. The van der Waals surface area contributed by atoms with Crippen molar-refractivity contribution in [3.8, 4) is 5.75 Å². The zero-order valence-electron chi connectivity index (χ0n) is 15.2. The number of piperazine rings is 1. The molecule has 2 amide bonds. The largest absolute Gasteiger partial charge is 0.494 e. The minimum atomic E-state index is -0.220. The van der Waals surface area contributed by atoms with Crippen LogP contribution in [0.2, 0.25) is 0 Å². The number of quaternary nitrogens is 2. The van der Waals surface area contributed by atoms with Crippen LogP contribution in [0.1, 0.15) is 26.7 Å². The number of carbonyl (C=O) groups excluding carboxylic acids is 2. The van der Waals surface area contributed by atoms with Crippen LogP contribution in [-0.4, -0.2) is 57.2 Å². The third-order valence-electron chi connectivity index (χ3n) is 5.31. The lowest BCUT2D eigenvalue weighted by molar-refractivity contribution is -1.02. The number of likely N-dealkylation sites (N-methyl/N-ethyl adjacent to an activating group) is 1. The molecule has 2 aliphatic rings. The van der Waals surface area contributed by atoms with Crippen LogP contribution in [-0.2, 0) is 9.59 Å². The van der Waals surface area contributed by atoms with Gasteiger partial charge in [0.25, 0.3) is 5.91 Å². The van der Waals surface area contributed by atoms with Crippen LogP contribution in [0, 0.1) is 0 Å². The Labute approximate surface area is 149 Å². The molecule has 2 aliphatic heterocycles. The van der Waals surface area contributed by atoms with Crippen LogP contribution < -0.4 is 19.4 Å². The quantitative estimate of drug-likeness (QED) is 0.643. The number of carbonyl (C=O) groups is 2. The van der Waals surface area contributed by atoms with Gasteiger partial charge < -0.3 is 14.5 Å². The SMILES string of the molecule is CCCOc1ccc(N2C(=O)C[C@@H]([NH+]3CC[NH+](CC)CC3)C2=O)cc1. The van der Waals surface area contributed by atoms with E-state index in [1.807, 2.05) is 12.1 Å². The van der Waals surface area contributed by atoms with Crippen molar-refractivity contribution in [2.75, 3.05) is 44.2 Å². The van der Waals surface area contributed by atoms with Gasteiger partial charge >= 0.3 is 0 Å². The van der Waals surface area contributed by atoms with Gasteiger partial charge in [0.15, 0.2) is 6.04 Å². The number of hydrogen-bond donors (Lipinski definition) is 2. The predicted octanol–water partition coefficient (Wildman–Crippen LogP) is -1.09. The van der Waals surface area contributed by atoms with Gasteiger partial charge in [-0.2, -0.15) is 0 Å². The second kappa shape index (κ2) is 7.97. The summed E-state index contributed by atoms with van der Waals surface area (Å²) >= 11 is 0. The first kappa shape index (κ1) is 17.9. The minimum Gasteiger partial charge on any atom is -0.494 e. The molecular weight excluding hydrogens is 318 g/mol. The number of imide groups is 1. The Balaban J connectivity index is 1.67. The Morgan fingerprint density at radius 1 is 1.08 bits per heavy atom. The molecule has 136 valence electrons. The molecule has 3 rings (SSSR count). The Kier molecular flexibility index (Phi) is 5.71. The van der Waals surface area contributed by atoms with E-state index in [9.17, 15) is 9.59 Å². The highest BCUT2D eigenvalue weighted by Gasteiger charge is 2.46. The van der Waals surface area contributed by atoms with Crippen molar-refractivity contribution in [1.82, 2.24) is 0 Å². The number of ether oxygens (including phenoxy) is 1. The number of benzene rings is 1. The van der Waals surface area contributed by atoms with Crippen molar-refractivity contribution in [3.05, 3.63) is 24.3 Å². The molecule has 6 nitrogen and oxygen atoms in total. The van der Waals surface area contributed by atoms with Crippen molar-refractivity contribution < 1.29 is 24.1 Å². The van der Waals surface area contributed by atoms with Crippen LogP contribution in [0.5, 0.6) is 5.75 Å². The van der Waals surface area contributed by atoms with Gasteiger partial charge in [-0.25, -0.2) is 4.90 Å². The van der Waals surface area contributed by atoms with E-state index in [0.29, 0.717) is 18.7 Å². The Bertz CT molecular complexity index is 609. The van der Waals surface area contributed by atoms with Crippen molar-refractivity contribution >= 4 is 17.5 Å². The number of rotatable bonds is 6. The molecule has 2 saturated heterocycles. The van der Waals surface area contributed by atoms with Gasteiger partial charge in [0.2, 0.25) is 5.91 Å². The van der Waals surface area contributed by atoms with Gasteiger partial charge in [-0.3, -0.25) is 9.59 Å². The first-order valence-corrected chi connectivity index (χ1v) is 9.41. The number of hydrogen-bond acceptors (Lipinski definition) is 3. The molecular formula is C19H29N3O3+2. The monoisotopic (exact) mass is 347 g/mol. The van der Waals surface area contributed by atoms with Gasteiger partial charge in [-0.05, 0) is 37.6 Å². The Morgan fingerprint density at radius 2 is 1.76 bits per heavy atom. The van der Waals surface area contributed by atoms with Crippen LogP contribution in [0.15, 0.2) is 24.3 Å². The molecule has 1 aromatic carbocycles. The van der Waals surface area contributed by atoms with E-state index >= 15 is 0 Å². The molecule has 0 aromatic heterocycles. The molecule has 0 saturated carbocycles. The number of nitrogens with zero attached hydrogens (tertiary/aromatic N) is 1. The highest BCUT2D eigenvalue weighted by Crippen LogP contribution is 2.24. The van der Waals surface area contributed by atoms with Crippen molar-refractivity contribution in [2.45, 2.75) is 32.7 Å². The molecule has 0 aliphatic carbocycles. The second-order valence-electron chi connectivity index (χ2n) is 6.93. The summed E-state index contributed by atoms with van der Waals surface area (Å²) in [7, 11) is 0. The average Bonchev–Trinajstić information content (AvgIpc) is 2.95. The molecule has 0 bridgehead atoms. The third kappa shape index (κ3) is 3.85. The van der Waals surface area contributed by atoms with Crippen LogP contribution in [0.4, 0.5) is 5.69 Å². The third-order valence-corrected chi connectivity index (χ3v) is 5.31. The summed E-state index contributed by atoms with van der Waals surface area (Å²) in [5.74, 6) is 0.628. The summed E-state index contributed by atoms with van der Waals surface area (Å²) in [6.45, 7) is 10.1. The summed E-state index contributed by atoms with van der Waals surface area (Å²) in [4.78, 5) is 29.6. The first-order valence-electron chi connectivity index (χ1n) is 9.41. The lowest BCUT2D eigenvalue weighted by Gasteiger charge is -2.31. The van der Waals surface area contributed by atoms with E-state index in [-0.39, 0.29) is 17.9 Å². The number of amides is 2. The minimum absolute atomic E-state index is 0.0535. The summed E-state index contributed by atoms with van der Waals surface area (Å²) in [6.07, 6.45) is 1.27. The smallest absolute Gasteiger partial charge is 0.292 e. The Morgan fingerprint density at radius 3 is 2.36 bits per heavy atom. The lowest BCUT2D eigenvalue weighted by atomic mass is 10.1. The van der Waals surface area contributed by atoms with Gasteiger partial charge in [0, 0.05) is 0 Å². The van der Waals surface area contributed by atoms with Gasteiger partial charge in [-0.15, -0.1) is 0 Å². The van der Waals surface area contributed by atoms with Crippen LogP contribution in [0.3, 0.4) is 0 Å². The molecule has 25 heavy (non-hydrogen) atoms. The highest BCUT2D eigenvalue weighted by atomic mass is 16.5. The molecule has 0 unspecified atom stereocenters.